The SMILES string of the molecule is CC(C)[C@@H](NC(=O)NC1CCS(=O)(=O)C1)C(=O)Nc1ccc(F)cc1. The summed E-state index contributed by atoms with van der Waals surface area (Å²) in [7, 11) is -3.10. The Morgan fingerprint density at radius 2 is 1.84 bits per heavy atom. The number of sulfone groups is 1. The normalized spacial score (nSPS) is 20.1. The number of nitrogens with one attached hydrogen (secondary N) is 3. The molecule has 1 aromatic rings. The average molecular weight is 371 g/mol. The number of amides is 3. The molecule has 1 fully saturated rings. The largest absolute Gasteiger partial charge is 0.334 e. The summed E-state index contributed by atoms with van der Waals surface area (Å²) in [6.45, 7) is 3.55. The van der Waals surface area contributed by atoms with Crippen molar-refractivity contribution in [3.63, 3.8) is 0 Å². The van der Waals surface area contributed by atoms with Gasteiger partial charge in [-0.15, -0.1) is 0 Å². The predicted molar refractivity (Wildman–Crippen MR) is 92.4 cm³/mol. The molecule has 7 nitrogen and oxygen atoms in total. The molecule has 1 aliphatic heterocycles. The van der Waals surface area contributed by atoms with Gasteiger partial charge in [-0.3, -0.25) is 4.79 Å². The summed E-state index contributed by atoms with van der Waals surface area (Å²) in [5.41, 5.74) is 0.418. The quantitative estimate of drug-likeness (QED) is 0.725. The van der Waals surface area contributed by atoms with Crippen molar-refractivity contribution in [1.29, 1.82) is 0 Å². The molecule has 9 heteroatoms. The van der Waals surface area contributed by atoms with Crippen LogP contribution in [0.2, 0.25) is 0 Å². The lowest BCUT2D eigenvalue weighted by Gasteiger charge is -2.23. The van der Waals surface area contributed by atoms with Crippen LogP contribution in [0.5, 0.6) is 0 Å². The molecule has 0 saturated carbocycles. The highest BCUT2D eigenvalue weighted by Crippen LogP contribution is 2.13. The van der Waals surface area contributed by atoms with Gasteiger partial charge in [0.25, 0.3) is 0 Å². The van der Waals surface area contributed by atoms with E-state index in [9.17, 15) is 22.4 Å². The van der Waals surface area contributed by atoms with Gasteiger partial charge in [0.2, 0.25) is 5.91 Å². The lowest BCUT2D eigenvalue weighted by Crippen LogP contribution is -2.52. The van der Waals surface area contributed by atoms with Crippen LogP contribution in [0.1, 0.15) is 20.3 Å². The van der Waals surface area contributed by atoms with E-state index in [1.807, 2.05) is 0 Å². The van der Waals surface area contributed by atoms with E-state index < -0.39 is 39.7 Å². The minimum absolute atomic E-state index is 0.0522. The van der Waals surface area contributed by atoms with Crippen molar-refractivity contribution in [2.24, 2.45) is 5.92 Å². The molecule has 1 heterocycles. The Morgan fingerprint density at radius 3 is 2.36 bits per heavy atom. The Morgan fingerprint density at radius 1 is 1.20 bits per heavy atom. The van der Waals surface area contributed by atoms with Crippen LogP contribution in [0.15, 0.2) is 24.3 Å². The molecule has 2 atom stereocenters. The molecule has 25 heavy (non-hydrogen) atoms. The molecule has 138 valence electrons. The van der Waals surface area contributed by atoms with Crippen molar-refractivity contribution < 1.29 is 22.4 Å². The minimum Gasteiger partial charge on any atom is -0.334 e. The molecule has 1 saturated heterocycles. The third-order valence-corrected chi connectivity index (χ3v) is 5.68. The van der Waals surface area contributed by atoms with Crippen molar-refractivity contribution in [2.45, 2.75) is 32.4 Å². The van der Waals surface area contributed by atoms with Crippen molar-refractivity contribution in [1.82, 2.24) is 10.6 Å². The highest BCUT2D eigenvalue weighted by Gasteiger charge is 2.30. The van der Waals surface area contributed by atoms with Crippen LogP contribution in [-0.4, -0.2) is 43.9 Å². The lowest BCUT2D eigenvalue weighted by atomic mass is 10.0. The number of hydrogen-bond acceptors (Lipinski definition) is 4. The van der Waals surface area contributed by atoms with E-state index in [1.165, 1.54) is 24.3 Å². The van der Waals surface area contributed by atoms with Crippen LogP contribution in [0.4, 0.5) is 14.9 Å². The van der Waals surface area contributed by atoms with Crippen LogP contribution in [0.25, 0.3) is 0 Å². The van der Waals surface area contributed by atoms with Gasteiger partial charge in [-0.25, -0.2) is 17.6 Å². The second kappa shape index (κ2) is 7.81. The maximum atomic E-state index is 12.9. The fraction of sp³-hybridized carbons (Fsp3) is 0.500. The van der Waals surface area contributed by atoms with Gasteiger partial charge in [0.1, 0.15) is 11.9 Å². The smallest absolute Gasteiger partial charge is 0.315 e. The molecule has 2 rings (SSSR count). The van der Waals surface area contributed by atoms with Gasteiger partial charge in [0.05, 0.1) is 11.5 Å². The summed E-state index contributed by atoms with van der Waals surface area (Å²) < 4.78 is 35.8. The Labute approximate surface area is 146 Å². The van der Waals surface area contributed by atoms with Gasteiger partial charge in [0.15, 0.2) is 9.84 Å². The van der Waals surface area contributed by atoms with E-state index in [2.05, 4.69) is 16.0 Å². The van der Waals surface area contributed by atoms with Gasteiger partial charge in [-0.2, -0.15) is 0 Å². The first-order chi connectivity index (χ1) is 11.7. The summed E-state index contributed by atoms with van der Waals surface area (Å²) in [4.78, 5) is 24.5. The summed E-state index contributed by atoms with van der Waals surface area (Å²) >= 11 is 0. The molecule has 0 radical (unpaired) electrons. The predicted octanol–water partition coefficient (Wildman–Crippen LogP) is 1.28. The van der Waals surface area contributed by atoms with Crippen molar-refractivity contribution in [3.05, 3.63) is 30.1 Å². The average Bonchev–Trinajstić information content (AvgIpc) is 2.85. The second-order valence-electron chi connectivity index (χ2n) is 6.44. The lowest BCUT2D eigenvalue weighted by molar-refractivity contribution is -0.118. The second-order valence-corrected chi connectivity index (χ2v) is 8.66. The highest BCUT2D eigenvalue weighted by molar-refractivity contribution is 7.91. The Balaban J connectivity index is 1.94. The molecular formula is C16H22FN3O4S. The molecule has 1 unspecified atom stereocenters. The standard InChI is InChI=1S/C16H22FN3O4S/c1-10(2)14(15(21)18-12-5-3-11(17)4-6-12)20-16(22)19-13-7-8-25(23,24)9-13/h3-6,10,13-14H,7-9H2,1-2H3,(H,18,21)(H2,19,20,22)/t13?,14-/m1/s1. The summed E-state index contributed by atoms with van der Waals surface area (Å²) in [6.07, 6.45) is 0.365. The molecule has 1 aromatic carbocycles. The fourth-order valence-corrected chi connectivity index (χ4v) is 4.24. The molecule has 3 amide bonds. The summed E-state index contributed by atoms with van der Waals surface area (Å²) in [6, 6.07) is 3.44. The van der Waals surface area contributed by atoms with Gasteiger partial charge < -0.3 is 16.0 Å². The fourth-order valence-electron chi connectivity index (χ4n) is 2.57. The van der Waals surface area contributed by atoms with Crippen LogP contribution >= 0.6 is 0 Å². The number of urea groups is 1. The molecule has 0 aromatic heterocycles. The van der Waals surface area contributed by atoms with Crippen molar-refractivity contribution in [3.8, 4) is 0 Å². The zero-order chi connectivity index (χ0) is 18.6. The Bertz CT molecular complexity index is 734. The molecule has 1 aliphatic rings. The van der Waals surface area contributed by atoms with E-state index in [1.54, 1.807) is 13.8 Å². The molecule has 0 bridgehead atoms. The van der Waals surface area contributed by atoms with Crippen LogP contribution in [0.3, 0.4) is 0 Å². The number of carbonyl (C=O) groups is 2. The summed E-state index contributed by atoms with van der Waals surface area (Å²) in [5.74, 6) is -1.08. The van der Waals surface area contributed by atoms with Gasteiger partial charge in [-0.1, -0.05) is 13.8 Å². The van der Waals surface area contributed by atoms with Crippen molar-refractivity contribution >= 4 is 27.5 Å². The Hall–Kier alpha value is -2.16. The number of halogens is 1. The Kier molecular flexibility index (Phi) is 5.99. The van der Waals surface area contributed by atoms with E-state index in [0.29, 0.717) is 12.1 Å². The van der Waals surface area contributed by atoms with E-state index >= 15 is 0 Å². The van der Waals surface area contributed by atoms with Gasteiger partial charge in [0, 0.05) is 11.7 Å². The molecular weight excluding hydrogens is 349 g/mol. The maximum absolute atomic E-state index is 12.9. The third-order valence-electron chi connectivity index (χ3n) is 3.92. The summed E-state index contributed by atoms with van der Waals surface area (Å²) in [5, 5.41) is 7.78. The van der Waals surface area contributed by atoms with E-state index in [4.69, 9.17) is 0 Å². The van der Waals surface area contributed by atoms with Crippen LogP contribution in [0, 0.1) is 11.7 Å². The van der Waals surface area contributed by atoms with E-state index in [-0.39, 0.29) is 17.4 Å². The topological polar surface area (TPSA) is 104 Å². The number of anilines is 1. The van der Waals surface area contributed by atoms with Crippen molar-refractivity contribution in [2.75, 3.05) is 16.8 Å². The number of carbonyl (C=O) groups excluding carboxylic acids is 2. The monoisotopic (exact) mass is 371 g/mol. The molecule has 3 N–H and O–H groups in total. The number of benzene rings is 1. The molecule has 0 aliphatic carbocycles. The maximum Gasteiger partial charge on any atom is 0.315 e. The van der Waals surface area contributed by atoms with E-state index in [0.717, 1.165) is 0 Å². The third kappa shape index (κ3) is 5.70. The van der Waals surface area contributed by atoms with Crippen LogP contribution < -0.4 is 16.0 Å². The molecule has 0 spiro atoms. The van der Waals surface area contributed by atoms with Crippen LogP contribution in [-0.2, 0) is 14.6 Å². The number of hydrogen-bond donors (Lipinski definition) is 3. The zero-order valence-electron chi connectivity index (χ0n) is 14.1. The minimum atomic E-state index is -3.10. The first-order valence-electron chi connectivity index (χ1n) is 8.00. The van der Waals surface area contributed by atoms with Gasteiger partial charge >= 0.3 is 6.03 Å². The zero-order valence-corrected chi connectivity index (χ0v) is 14.9. The number of rotatable bonds is 5. The first-order valence-corrected chi connectivity index (χ1v) is 9.82. The first kappa shape index (κ1) is 19.2. The highest BCUT2D eigenvalue weighted by atomic mass is 32.2. The van der Waals surface area contributed by atoms with Gasteiger partial charge in [-0.05, 0) is 36.6 Å².